The van der Waals surface area contributed by atoms with Crippen LogP contribution < -0.4 is 4.90 Å². The Balaban J connectivity index is 2.30. The number of ketones is 1. The molecule has 0 spiro atoms. The van der Waals surface area contributed by atoms with Crippen molar-refractivity contribution in [2.75, 3.05) is 11.4 Å². The number of carbonyl (C=O) groups is 1. The summed E-state index contributed by atoms with van der Waals surface area (Å²) in [6, 6.07) is 6.73. The van der Waals surface area contributed by atoms with Crippen LogP contribution in [0.25, 0.3) is 0 Å². The first kappa shape index (κ1) is 11.2. The topological polar surface area (TPSA) is 20.3 Å². The summed E-state index contributed by atoms with van der Waals surface area (Å²) < 4.78 is 0. The molecule has 1 unspecified atom stereocenters. The largest absolute Gasteiger partial charge is 0.368 e. The lowest BCUT2D eigenvalue weighted by molar-refractivity contribution is -0.120. The summed E-state index contributed by atoms with van der Waals surface area (Å²) in [5.74, 6) is 0.397. The second kappa shape index (κ2) is 4.28. The molecule has 0 saturated carbocycles. The Morgan fingerprint density at radius 3 is 2.75 bits per heavy atom. The van der Waals surface area contributed by atoms with Gasteiger partial charge in [-0.2, -0.15) is 0 Å². The first-order valence-corrected chi connectivity index (χ1v) is 5.94. The average molecular weight is 217 g/mol. The molecule has 1 aromatic carbocycles. The van der Waals surface area contributed by atoms with Crippen molar-refractivity contribution in [1.29, 1.82) is 0 Å². The lowest BCUT2D eigenvalue weighted by atomic mass is 9.99. The van der Waals surface area contributed by atoms with Gasteiger partial charge in [0.2, 0.25) is 0 Å². The zero-order valence-corrected chi connectivity index (χ0v) is 10.3. The Kier molecular flexibility index (Phi) is 2.99. The highest BCUT2D eigenvalue weighted by Gasteiger charge is 2.24. The fourth-order valence-electron chi connectivity index (χ4n) is 2.41. The quantitative estimate of drug-likeness (QED) is 0.721. The van der Waals surface area contributed by atoms with E-state index >= 15 is 0 Å². The molecule has 0 aliphatic carbocycles. The Bertz CT molecular complexity index is 411. The molecule has 2 rings (SSSR count). The maximum Gasteiger partial charge on any atom is 0.136 e. The normalized spacial score (nSPS) is 21.3. The smallest absolute Gasteiger partial charge is 0.136 e. The summed E-state index contributed by atoms with van der Waals surface area (Å²) in [6.45, 7) is 7.30. The summed E-state index contributed by atoms with van der Waals surface area (Å²) in [5.41, 5.74) is 3.95. The second-order valence-electron chi connectivity index (χ2n) is 4.75. The van der Waals surface area contributed by atoms with E-state index in [-0.39, 0.29) is 0 Å². The average Bonchev–Trinajstić information content (AvgIpc) is 2.23. The van der Waals surface area contributed by atoms with Gasteiger partial charge in [-0.25, -0.2) is 0 Å². The van der Waals surface area contributed by atoms with Crippen molar-refractivity contribution in [1.82, 2.24) is 0 Å². The van der Waals surface area contributed by atoms with Crippen molar-refractivity contribution in [3.63, 3.8) is 0 Å². The number of Topliss-reactive ketones (excluding diaryl/α,β-unsaturated/α-hetero) is 1. The number of rotatable bonds is 1. The molecule has 1 fully saturated rings. The third-order valence-electron chi connectivity index (χ3n) is 3.57. The van der Waals surface area contributed by atoms with Gasteiger partial charge in [-0.1, -0.05) is 12.1 Å². The Morgan fingerprint density at radius 2 is 2.06 bits per heavy atom. The number of carbonyl (C=O) groups excluding carboxylic acids is 1. The molecule has 1 heterocycles. The van der Waals surface area contributed by atoms with E-state index in [0.717, 1.165) is 6.54 Å². The molecule has 0 radical (unpaired) electrons. The molecule has 86 valence electrons. The third kappa shape index (κ3) is 1.97. The van der Waals surface area contributed by atoms with E-state index in [1.807, 2.05) is 0 Å². The molecule has 16 heavy (non-hydrogen) atoms. The minimum atomic E-state index is 0.335. The number of aryl methyl sites for hydroxylation is 1. The molecular formula is C14H19NO. The van der Waals surface area contributed by atoms with Crippen molar-refractivity contribution in [3.05, 3.63) is 29.3 Å². The summed E-state index contributed by atoms with van der Waals surface area (Å²) in [5, 5.41) is 0. The minimum Gasteiger partial charge on any atom is -0.368 e. The van der Waals surface area contributed by atoms with E-state index in [0.29, 0.717) is 24.7 Å². The van der Waals surface area contributed by atoms with Crippen LogP contribution in [-0.4, -0.2) is 18.4 Å². The molecule has 1 saturated heterocycles. The van der Waals surface area contributed by atoms with Gasteiger partial charge in [0.25, 0.3) is 0 Å². The summed E-state index contributed by atoms with van der Waals surface area (Å²) in [6.07, 6.45) is 1.38. The predicted octanol–water partition coefficient (Wildman–Crippen LogP) is 2.86. The second-order valence-corrected chi connectivity index (χ2v) is 4.75. The predicted molar refractivity (Wildman–Crippen MR) is 67.0 cm³/mol. The Morgan fingerprint density at radius 1 is 1.31 bits per heavy atom. The monoisotopic (exact) mass is 217 g/mol. The van der Waals surface area contributed by atoms with E-state index in [9.17, 15) is 4.79 Å². The molecule has 2 nitrogen and oxygen atoms in total. The lowest BCUT2D eigenvalue weighted by Crippen LogP contribution is -2.41. The van der Waals surface area contributed by atoms with Gasteiger partial charge in [-0.3, -0.25) is 4.79 Å². The maximum absolute atomic E-state index is 11.4. The highest BCUT2D eigenvalue weighted by Crippen LogP contribution is 2.27. The van der Waals surface area contributed by atoms with Crippen molar-refractivity contribution in [2.45, 2.75) is 39.7 Å². The van der Waals surface area contributed by atoms with E-state index in [4.69, 9.17) is 0 Å². The van der Waals surface area contributed by atoms with Crippen molar-refractivity contribution in [2.24, 2.45) is 0 Å². The molecule has 1 aromatic rings. The Hall–Kier alpha value is -1.31. The summed E-state index contributed by atoms with van der Waals surface area (Å²) in [4.78, 5) is 13.7. The third-order valence-corrected chi connectivity index (χ3v) is 3.57. The van der Waals surface area contributed by atoms with Gasteiger partial charge in [-0.05, 0) is 38.0 Å². The highest BCUT2D eigenvalue weighted by molar-refractivity contribution is 5.82. The van der Waals surface area contributed by atoms with Crippen molar-refractivity contribution >= 4 is 11.5 Å². The number of nitrogens with zero attached hydrogens (tertiary/aromatic N) is 1. The number of benzene rings is 1. The molecular weight excluding hydrogens is 198 g/mol. The number of hydrogen-bond acceptors (Lipinski definition) is 2. The Labute approximate surface area is 97.3 Å². The van der Waals surface area contributed by atoms with Gasteiger partial charge in [0.15, 0.2) is 0 Å². The maximum atomic E-state index is 11.4. The van der Waals surface area contributed by atoms with E-state index < -0.39 is 0 Å². The summed E-state index contributed by atoms with van der Waals surface area (Å²) >= 11 is 0. The van der Waals surface area contributed by atoms with Crippen molar-refractivity contribution in [3.8, 4) is 0 Å². The van der Waals surface area contributed by atoms with Crippen LogP contribution in [0.5, 0.6) is 0 Å². The molecule has 0 N–H and O–H groups in total. The van der Waals surface area contributed by atoms with Crippen LogP contribution in [0.2, 0.25) is 0 Å². The van der Waals surface area contributed by atoms with Crippen LogP contribution in [0.3, 0.4) is 0 Å². The van der Waals surface area contributed by atoms with Crippen LogP contribution in [0.1, 0.15) is 30.9 Å². The zero-order valence-electron chi connectivity index (χ0n) is 10.3. The van der Waals surface area contributed by atoms with E-state index in [1.54, 1.807) is 0 Å². The molecule has 0 amide bonds. The molecule has 2 heteroatoms. The van der Waals surface area contributed by atoms with Crippen LogP contribution in [0.4, 0.5) is 5.69 Å². The van der Waals surface area contributed by atoms with Crippen molar-refractivity contribution < 1.29 is 4.79 Å². The van der Waals surface area contributed by atoms with Crippen LogP contribution >= 0.6 is 0 Å². The standard InChI is InChI=1S/C14H19NO/c1-10-5-4-6-14(12(10)3)15-8-7-13(16)9-11(15)2/h4-6,11H,7-9H2,1-3H3. The minimum absolute atomic E-state index is 0.335. The fraction of sp³-hybridized carbons (Fsp3) is 0.500. The SMILES string of the molecule is Cc1cccc(N2CCC(=O)CC2C)c1C. The lowest BCUT2D eigenvalue weighted by Gasteiger charge is -2.36. The molecule has 0 bridgehead atoms. The van der Waals surface area contributed by atoms with Gasteiger partial charge < -0.3 is 4.90 Å². The molecule has 1 aliphatic rings. The zero-order chi connectivity index (χ0) is 11.7. The van der Waals surface area contributed by atoms with Gasteiger partial charge in [0.1, 0.15) is 5.78 Å². The van der Waals surface area contributed by atoms with Crippen LogP contribution in [-0.2, 0) is 4.79 Å². The molecule has 0 aromatic heterocycles. The van der Waals surface area contributed by atoms with Gasteiger partial charge in [-0.15, -0.1) is 0 Å². The first-order valence-electron chi connectivity index (χ1n) is 5.94. The van der Waals surface area contributed by atoms with Gasteiger partial charge in [0, 0.05) is 31.1 Å². The number of hydrogen-bond donors (Lipinski definition) is 0. The van der Waals surface area contributed by atoms with Crippen LogP contribution in [0, 0.1) is 13.8 Å². The van der Waals surface area contributed by atoms with E-state index in [1.165, 1.54) is 16.8 Å². The van der Waals surface area contributed by atoms with Crippen LogP contribution in [0.15, 0.2) is 18.2 Å². The number of piperidine rings is 1. The fourth-order valence-corrected chi connectivity index (χ4v) is 2.41. The molecule has 1 aliphatic heterocycles. The highest BCUT2D eigenvalue weighted by atomic mass is 16.1. The van der Waals surface area contributed by atoms with E-state index in [2.05, 4.69) is 43.9 Å². The summed E-state index contributed by atoms with van der Waals surface area (Å²) in [7, 11) is 0. The molecule has 1 atom stereocenters. The van der Waals surface area contributed by atoms with Gasteiger partial charge in [0.05, 0.1) is 0 Å². The van der Waals surface area contributed by atoms with Gasteiger partial charge >= 0.3 is 0 Å². The number of anilines is 1. The first-order chi connectivity index (χ1) is 7.59.